The average Bonchev–Trinajstić information content (AvgIpc) is 2.98. The van der Waals surface area contributed by atoms with Crippen molar-refractivity contribution in [1.29, 1.82) is 0 Å². The molecule has 0 atom stereocenters. The lowest BCUT2D eigenvalue weighted by Gasteiger charge is -2.12. The van der Waals surface area contributed by atoms with Crippen LogP contribution in [-0.2, 0) is 0 Å². The van der Waals surface area contributed by atoms with E-state index < -0.39 is 0 Å². The molecule has 1 heterocycles. The van der Waals surface area contributed by atoms with Crippen LogP contribution in [0.5, 0.6) is 0 Å². The van der Waals surface area contributed by atoms with Crippen molar-refractivity contribution in [3.8, 4) is 16.9 Å². The Bertz CT molecular complexity index is 696. The Balaban J connectivity index is 2.03. The van der Waals surface area contributed by atoms with Gasteiger partial charge in [0.2, 0.25) is 0 Å². The van der Waals surface area contributed by atoms with Crippen molar-refractivity contribution in [3.05, 3.63) is 72.4 Å². The molecule has 0 unspecified atom stereocenters. The topological polar surface area (TPSA) is 17.8 Å². The van der Waals surface area contributed by atoms with Crippen LogP contribution in [0, 0.1) is 0 Å². The molecular weight excluding hydrogens is 244 g/mol. The molecular formula is C18H18N2. The van der Waals surface area contributed by atoms with E-state index in [-0.39, 0.29) is 0 Å². The van der Waals surface area contributed by atoms with Gasteiger partial charge in [0.15, 0.2) is 0 Å². The van der Waals surface area contributed by atoms with E-state index in [4.69, 9.17) is 5.10 Å². The number of benzene rings is 2. The molecule has 3 rings (SSSR count). The number of para-hydroxylation sites is 1. The van der Waals surface area contributed by atoms with E-state index >= 15 is 0 Å². The molecule has 3 aromatic rings. The van der Waals surface area contributed by atoms with Crippen LogP contribution in [0.2, 0.25) is 0 Å². The van der Waals surface area contributed by atoms with Gasteiger partial charge in [-0.05, 0) is 23.6 Å². The summed E-state index contributed by atoms with van der Waals surface area (Å²) in [5.74, 6) is 0.482. The number of nitrogens with zero attached hydrogens (tertiary/aromatic N) is 2. The molecule has 20 heavy (non-hydrogen) atoms. The predicted octanol–water partition coefficient (Wildman–Crippen LogP) is 4.66. The monoisotopic (exact) mass is 262 g/mol. The lowest BCUT2D eigenvalue weighted by Crippen LogP contribution is -2.01. The molecule has 0 N–H and O–H groups in total. The maximum absolute atomic E-state index is 4.71. The first-order chi connectivity index (χ1) is 9.75. The largest absolute Gasteiger partial charge is 0.240 e. The number of hydrogen-bond donors (Lipinski definition) is 0. The maximum Gasteiger partial charge on any atom is 0.0927 e. The fourth-order valence-electron chi connectivity index (χ4n) is 2.41. The normalized spacial score (nSPS) is 10.9. The molecule has 100 valence electrons. The highest BCUT2D eigenvalue weighted by Gasteiger charge is 2.09. The second-order valence-corrected chi connectivity index (χ2v) is 5.23. The summed E-state index contributed by atoms with van der Waals surface area (Å²) >= 11 is 0. The highest BCUT2D eigenvalue weighted by Crippen LogP contribution is 2.24. The van der Waals surface area contributed by atoms with Gasteiger partial charge in [-0.2, -0.15) is 5.10 Å². The van der Waals surface area contributed by atoms with Crippen molar-refractivity contribution < 1.29 is 0 Å². The van der Waals surface area contributed by atoms with Gasteiger partial charge in [0.1, 0.15) is 0 Å². The van der Waals surface area contributed by atoms with Crippen molar-refractivity contribution >= 4 is 0 Å². The average molecular weight is 262 g/mol. The van der Waals surface area contributed by atoms with Crippen LogP contribution in [0.1, 0.15) is 25.3 Å². The smallest absolute Gasteiger partial charge is 0.0927 e. The van der Waals surface area contributed by atoms with Gasteiger partial charge >= 0.3 is 0 Å². The zero-order valence-electron chi connectivity index (χ0n) is 11.8. The molecule has 2 aromatic carbocycles. The quantitative estimate of drug-likeness (QED) is 0.671. The summed E-state index contributed by atoms with van der Waals surface area (Å²) in [6.45, 7) is 4.42. The Morgan fingerprint density at radius 2 is 1.55 bits per heavy atom. The number of rotatable bonds is 3. The molecule has 2 nitrogen and oxygen atoms in total. The van der Waals surface area contributed by atoms with Gasteiger partial charge in [-0.25, -0.2) is 4.68 Å². The second-order valence-electron chi connectivity index (χ2n) is 5.23. The lowest BCUT2D eigenvalue weighted by molar-refractivity contribution is 0.810. The SMILES string of the molecule is CC(C)c1ccccc1-n1ccc(-c2ccccc2)n1. The van der Waals surface area contributed by atoms with Gasteiger partial charge in [-0.15, -0.1) is 0 Å². The van der Waals surface area contributed by atoms with Crippen molar-refractivity contribution in [2.24, 2.45) is 0 Å². The summed E-state index contributed by atoms with van der Waals surface area (Å²) in [6, 6.07) is 20.8. The minimum Gasteiger partial charge on any atom is -0.240 e. The van der Waals surface area contributed by atoms with Crippen molar-refractivity contribution in [2.75, 3.05) is 0 Å². The number of hydrogen-bond acceptors (Lipinski definition) is 1. The molecule has 0 radical (unpaired) electrons. The third kappa shape index (κ3) is 2.37. The second kappa shape index (κ2) is 5.33. The Morgan fingerprint density at radius 1 is 0.850 bits per heavy atom. The van der Waals surface area contributed by atoms with Gasteiger partial charge in [-0.3, -0.25) is 0 Å². The van der Waals surface area contributed by atoms with Crippen LogP contribution < -0.4 is 0 Å². The summed E-state index contributed by atoms with van der Waals surface area (Å²) in [5, 5.41) is 4.71. The molecule has 0 fully saturated rings. The Morgan fingerprint density at radius 3 is 2.30 bits per heavy atom. The third-order valence-corrected chi connectivity index (χ3v) is 3.46. The van der Waals surface area contributed by atoms with Gasteiger partial charge in [-0.1, -0.05) is 62.4 Å². The first-order valence-electron chi connectivity index (χ1n) is 6.96. The molecule has 0 saturated carbocycles. The van der Waals surface area contributed by atoms with E-state index in [0.29, 0.717) is 5.92 Å². The molecule has 0 aliphatic heterocycles. The minimum atomic E-state index is 0.482. The summed E-state index contributed by atoms with van der Waals surface area (Å²) in [5.41, 5.74) is 4.62. The fourth-order valence-corrected chi connectivity index (χ4v) is 2.41. The molecule has 0 aliphatic carbocycles. The Kier molecular flexibility index (Phi) is 3.38. The van der Waals surface area contributed by atoms with Gasteiger partial charge in [0.05, 0.1) is 11.4 Å². The van der Waals surface area contributed by atoms with Crippen LogP contribution in [0.4, 0.5) is 0 Å². The van der Waals surface area contributed by atoms with Crippen LogP contribution in [0.15, 0.2) is 66.9 Å². The number of aromatic nitrogens is 2. The molecule has 0 amide bonds. The molecule has 2 heteroatoms. The van der Waals surface area contributed by atoms with Gasteiger partial charge < -0.3 is 0 Å². The Labute approximate surface area is 119 Å². The highest BCUT2D eigenvalue weighted by atomic mass is 15.3. The van der Waals surface area contributed by atoms with E-state index in [2.05, 4.69) is 56.3 Å². The summed E-state index contributed by atoms with van der Waals surface area (Å²) in [4.78, 5) is 0. The van der Waals surface area contributed by atoms with Crippen molar-refractivity contribution in [3.63, 3.8) is 0 Å². The Hall–Kier alpha value is -2.35. The van der Waals surface area contributed by atoms with Crippen LogP contribution in [0.3, 0.4) is 0 Å². The summed E-state index contributed by atoms with van der Waals surface area (Å²) < 4.78 is 1.97. The van der Waals surface area contributed by atoms with Gasteiger partial charge in [0.25, 0.3) is 0 Å². The fraction of sp³-hybridized carbons (Fsp3) is 0.167. The lowest BCUT2D eigenvalue weighted by atomic mass is 10.0. The molecule has 0 saturated heterocycles. The van der Waals surface area contributed by atoms with Crippen LogP contribution in [-0.4, -0.2) is 9.78 Å². The molecule has 0 spiro atoms. The van der Waals surface area contributed by atoms with E-state index in [1.165, 1.54) is 5.56 Å². The molecule has 1 aromatic heterocycles. The minimum absolute atomic E-state index is 0.482. The van der Waals surface area contributed by atoms with E-state index in [1.54, 1.807) is 0 Å². The summed E-state index contributed by atoms with van der Waals surface area (Å²) in [6.07, 6.45) is 2.03. The highest BCUT2D eigenvalue weighted by molar-refractivity contribution is 5.59. The predicted molar refractivity (Wildman–Crippen MR) is 83.1 cm³/mol. The zero-order chi connectivity index (χ0) is 13.9. The van der Waals surface area contributed by atoms with E-state index in [9.17, 15) is 0 Å². The zero-order valence-corrected chi connectivity index (χ0v) is 11.8. The first kappa shape index (κ1) is 12.7. The van der Waals surface area contributed by atoms with E-state index in [1.807, 2.05) is 29.1 Å². The van der Waals surface area contributed by atoms with E-state index in [0.717, 1.165) is 16.9 Å². The maximum atomic E-state index is 4.71. The molecule has 0 bridgehead atoms. The van der Waals surface area contributed by atoms with Crippen molar-refractivity contribution in [2.45, 2.75) is 19.8 Å². The van der Waals surface area contributed by atoms with Crippen LogP contribution in [0.25, 0.3) is 16.9 Å². The third-order valence-electron chi connectivity index (χ3n) is 3.46. The first-order valence-corrected chi connectivity index (χ1v) is 6.96. The standard InChI is InChI=1S/C18H18N2/c1-14(2)16-10-6-7-11-18(16)20-13-12-17(19-20)15-8-4-3-5-9-15/h3-14H,1-2H3. The molecule has 0 aliphatic rings. The summed E-state index contributed by atoms with van der Waals surface area (Å²) in [7, 11) is 0. The van der Waals surface area contributed by atoms with Crippen LogP contribution >= 0.6 is 0 Å². The van der Waals surface area contributed by atoms with Gasteiger partial charge in [0, 0.05) is 11.8 Å². The van der Waals surface area contributed by atoms with Crippen molar-refractivity contribution in [1.82, 2.24) is 9.78 Å².